The van der Waals surface area contributed by atoms with E-state index in [1.807, 2.05) is 41.3 Å². The second kappa shape index (κ2) is 8.28. The highest BCUT2D eigenvalue weighted by atomic mass is 35.5. The highest BCUT2D eigenvalue weighted by molar-refractivity contribution is 7.99. The quantitative estimate of drug-likeness (QED) is 0.397. The van der Waals surface area contributed by atoms with Gasteiger partial charge in [0, 0.05) is 22.5 Å². The topological polar surface area (TPSA) is 72.2 Å². The van der Waals surface area contributed by atoms with E-state index < -0.39 is 0 Å². The fourth-order valence-corrected chi connectivity index (χ4v) is 3.40. The number of thioether (sulfide) groups is 1. The number of carbonyl (C=O) groups excluding carboxylic acids is 1. The monoisotopic (exact) mass is 391 g/mol. The molecule has 0 aliphatic rings. The minimum absolute atomic E-state index is 0.200. The lowest BCUT2D eigenvalue weighted by Crippen LogP contribution is -2.19. The first kappa shape index (κ1) is 17.7. The highest BCUT2D eigenvalue weighted by Crippen LogP contribution is 2.23. The molecule has 3 rings (SSSR count). The van der Waals surface area contributed by atoms with Crippen LogP contribution in [0.3, 0.4) is 0 Å². The van der Waals surface area contributed by atoms with Crippen molar-refractivity contribution in [3.63, 3.8) is 0 Å². The highest BCUT2D eigenvalue weighted by Gasteiger charge is 2.12. The number of thiophene rings is 1. The Bertz CT molecular complexity index is 875. The Morgan fingerprint density at radius 1 is 1.36 bits per heavy atom. The minimum atomic E-state index is -0.200. The van der Waals surface area contributed by atoms with Crippen molar-refractivity contribution < 1.29 is 4.79 Å². The van der Waals surface area contributed by atoms with Crippen LogP contribution in [-0.4, -0.2) is 32.6 Å². The molecule has 0 unspecified atom stereocenters. The van der Waals surface area contributed by atoms with Crippen LogP contribution in [-0.2, 0) is 11.8 Å². The predicted octanol–water partition coefficient (Wildman–Crippen LogP) is 3.44. The zero-order valence-corrected chi connectivity index (χ0v) is 15.6. The fourth-order valence-electron chi connectivity index (χ4n) is 1.99. The summed E-state index contributed by atoms with van der Waals surface area (Å²) in [5, 5.41) is 15.5. The van der Waals surface area contributed by atoms with E-state index >= 15 is 0 Å². The molecule has 0 aliphatic heterocycles. The van der Waals surface area contributed by atoms with Crippen LogP contribution in [0, 0.1) is 0 Å². The Labute approximate surface area is 157 Å². The Hall–Kier alpha value is -2.16. The molecule has 0 saturated heterocycles. The van der Waals surface area contributed by atoms with Crippen LogP contribution in [0.15, 0.2) is 52.0 Å². The van der Waals surface area contributed by atoms with E-state index in [1.165, 1.54) is 11.8 Å². The van der Waals surface area contributed by atoms with Gasteiger partial charge in [0.05, 0.1) is 12.0 Å². The van der Waals surface area contributed by atoms with Crippen LogP contribution in [0.2, 0.25) is 5.02 Å². The van der Waals surface area contributed by atoms with Gasteiger partial charge >= 0.3 is 0 Å². The van der Waals surface area contributed by atoms with Gasteiger partial charge in [-0.3, -0.25) is 4.79 Å². The van der Waals surface area contributed by atoms with E-state index in [2.05, 4.69) is 20.7 Å². The minimum Gasteiger partial charge on any atom is -0.305 e. The van der Waals surface area contributed by atoms with Crippen LogP contribution in [0.4, 0.5) is 0 Å². The Morgan fingerprint density at radius 3 is 2.88 bits per heavy atom. The molecule has 9 heteroatoms. The Kier molecular flexibility index (Phi) is 5.85. The lowest BCUT2D eigenvalue weighted by Gasteiger charge is -2.03. The van der Waals surface area contributed by atoms with Gasteiger partial charge in [-0.1, -0.05) is 29.4 Å². The van der Waals surface area contributed by atoms with E-state index in [0.29, 0.717) is 10.2 Å². The summed E-state index contributed by atoms with van der Waals surface area (Å²) in [4.78, 5) is 12.8. The number of halogens is 1. The first-order valence-electron chi connectivity index (χ1n) is 7.27. The van der Waals surface area contributed by atoms with Crippen molar-refractivity contribution in [3.8, 4) is 11.4 Å². The van der Waals surface area contributed by atoms with Crippen molar-refractivity contribution in [1.82, 2.24) is 20.2 Å². The summed E-state index contributed by atoms with van der Waals surface area (Å²) in [6.45, 7) is 0. The number of hydrogen-bond acceptors (Lipinski definition) is 6. The van der Waals surface area contributed by atoms with Crippen LogP contribution in [0.1, 0.15) is 4.88 Å². The summed E-state index contributed by atoms with van der Waals surface area (Å²) < 4.78 is 1.84. The van der Waals surface area contributed by atoms with Crippen LogP contribution >= 0.6 is 34.7 Å². The van der Waals surface area contributed by atoms with E-state index in [-0.39, 0.29) is 11.7 Å². The number of carbonyl (C=O) groups is 1. The summed E-state index contributed by atoms with van der Waals surface area (Å²) in [5.74, 6) is 0.720. The van der Waals surface area contributed by atoms with Gasteiger partial charge in [0.25, 0.3) is 5.91 Å². The fraction of sp³-hybridized carbons (Fsp3) is 0.125. The molecule has 128 valence electrons. The molecule has 2 aromatic heterocycles. The van der Waals surface area contributed by atoms with Gasteiger partial charge < -0.3 is 4.57 Å². The molecule has 3 aromatic rings. The first-order valence-corrected chi connectivity index (χ1v) is 9.51. The normalized spacial score (nSPS) is 11.1. The molecule has 6 nitrogen and oxygen atoms in total. The van der Waals surface area contributed by atoms with Gasteiger partial charge in [0.2, 0.25) is 0 Å². The van der Waals surface area contributed by atoms with Crippen molar-refractivity contribution in [2.24, 2.45) is 12.1 Å². The molecule has 1 amide bonds. The van der Waals surface area contributed by atoms with Crippen molar-refractivity contribution in [2.45, 2.75) is 5.16 Å². The summed E-state index contributed by atoms with van der Waals surface area (Å²) in [6.07, 6.45) is 1.62. The lowest BCUT2D eigenvalue weighted by atomic mass is 10.2. The molecule has 0 aliphatic carbocycles. The van der Waals surface area contributed by atoms with Gasteiger partial charge in [-0.25, -0.2) is 5.43 Å². The molecule has 0 bridgehead atoms. The van der Waals surface area contributed by atoms with Crippen LogP contribution in [0.5, 0.6) is 0 Å². The molecule has 0 atom stereocenters. The van der Waals surface area contributed by atoms with Gasteiger partial charge in [0.1, 0.15) is 0 Å². The first-order chi connectivity index (χ1) is 12.1. The molecule has 0 spiro atoms. The summed E-state index contributed by atoms with van der Waals surface area (Å²) in [7, 11) is 1.86. The molecule has 1 aromatic carbocycles. The molecule has 0 fully saturated rings. The summed E-state index contributed by atoms with van der Waals surface area (Å²) >= 11 is 8.76. The third kappa shape index (κ3) is 4.68. The number of rotatable bonds is 6. The largest absolute Gasteiger partial charge is 0.305 e. The van der Waals surface area contributed by atoms with Crippen molar-refractivity contribution in [1.29, 1.82) is 0 Å². The number of nitrogens with one attached hydrogen (secondary N) is 1. The zero-order chi connectivity index (χ0) is 17.6. The maximum atomic E-state index is 11.9. The number of nitrogens with zero attached hydrogens (tertiary/aromatic N) is 4. The van der Waals surface area contributed by atoms with Crippen molar-refractivity contribution in [3.05, 3.63) is 51.7 Å². The van der Waals surface area contributed by atoms with Gasteiger partial charge in [-0.15, -0.1) is 21.5 Å². The molecule has 0 radical (unpaired) electrons. The molecule has 2 heterocycles. The number of benzene rings is 1. The number of hydrogen-bond donors (Lipinski definition) is 1. The second-order valence-corrected chi connectivity index (χ2v) is 7.33. The lowest BCUT2D eigenvalue weighted by molar-refractivity contribution is -0.118. The van der Waals surface area contributed by atoms with Crippen LogP contribution in [0.25, 0.3) is 11.4 Å². The van der Waals surface area contributed by atoms with Crippen LogP contribution < -0.4 is 5.43 Å². The number of hydrazone groups is 1. The maximum absolute atomic E-state index is 11.9. The molecule has 1 N–H and O–H groups in total. The molecular formula is C16H14ClN5OS2. The Morgan fingerprint density at radius 2 is 2.16 bits per heavy atom. The van der Waals surface area contributed by atoms with Gasteiger partial charge in [-0.2, -0.15) is 5.10 Å². The molecule has 0 saturated carbocycles. The van der Waals surface area contributed by atoms with E-state index in [1.54, 1.807) is 29.7 Å². The SMILES string of the molecule is Cn1c(SCC(=O)N/N=C\c2cccs2)nnc1-c1ccc(Cl)cc1. The summed E-state index contributed by atoms with van der Waals surface area (Å²) in [6, 6.07) is 11.2. The second-order valence-electron chi connectivity index (χ2n) is 4.97. The Balaban J connectivity index is 1.56. The third-order valence-electron chi connectivity index (χ3n) is 3.19. The average molecular weight is 392 g/mol. The van der Waals surface area contributed by atoms with E-state index in [4.69, 9.17) is 11.6 Å². The smallest absolute Gasteiger partial charge is 0.250 e. The van der Waals surface area contributed by atoms with Gasteiger partial charge in [-0.05, 0) is 35.7 Å². The van der Waals surface area contributed by atoms with E-state index in [9.17, 15) is 4.79 Å². The zero-order valence-electron chi connectivity index (χ0n) is 13.2. The summed E-state index contributed by atoms with van der Waals surface area (Å²) in [5.41, 5.74) is 3.41. The van der Waals surface area contributed by atoms with Crippen molar-refractivity contribution >= 4 is 46.8 Å². The number of aromatic nitrogens is 3. The molecule has 25 heavy (non-hydrogen) atoms. The van der Waals surface area contributed by atoms with Crippen molar-refractivity contribution in [2.75, 3.05) is 5.75 Å². The number of amides is 1. The van der Waals surface area contributed by atoms with E-state index in [0.717, 1.165) is 16.3 Å². The van der Waals surface area contributed by atoms with Gasteiger partial charge in [0.15, 0.2) is 11.0 Å². The predicted molar refractivity (Wildman–Crippen MR) is 102 cm³/mol. The third-order valence-corrected chi connectivity index (χ3v) is 5.27. The maximum Gasteiger partial charge on any atom is 0.250 e. The standard InChI is InChI=1S/C16H14ClN5OS2/c1-22-15(11-4-6-12(17)7-5-11)20-21-16(22)25-10-14(23)19-18-9-13-3-2-8-24-13/h2-9H,10H2,1H3,(H,19,23)/b18-9-. The molecular weight excluding hydrogens is 378 g/mol. The average Bonchev–Trinajstić information content (AvgIpc) is 3.24.